The zero-order chi connectivity index (χ0) is 18.8. The fraction of sp³-hybridized carbons (Fsp3) is 0.150. The summed E-state index contributed by atoms with van der Waals surface area (Å²) in [5.41, 5.74) is 2.42. The molecule has 1 aliphatic heterocycles. The molecular weight excluding hydrogens is 365 g/mol. The highest BCUT2D eigenvalue weighted by Crippen LogP contribution is 2.40. The molecule has 1 unspecified atom stereocenters. The van der Waals surface area contributed by atoms with Gasteiger partial charge in [0.1, 0.15) is 17.7 Å². The molecule has 136 valence electrons. The molecule has 0 saturated heterocycles. The minimum Gasteiger partial charge on any atom is -0.496 e. The van der Waals surface area contributed by atoms with Crippen LogP contribution in [0.25, 0.3) is 10.4 Å². The normalized spacial score (nSPS) is 14.3. The summed E-state index contributed by atoms with van der Waals surface area (Å²) >= 11 is 1.49. The third kappa shape index (κ3) is 3.27. The maximum atomic E-state index is 14.5. The third-order valence-corrected chi connectivity index (χ3v) is 5.58. The second-order valence-electron chi connectivity index (χ2n) is 5.94. The number of nitrogens with zero attached hydrogens (tertiary/aromatic N) is 3. The van der Waals surface area contributed by atoms with Crippen LogP contribution in [0.1, 0.15) is 28.5 Å². The Balaban J connectivity index is 1.85. The van der Waals surface area contributed by atoms with Gasteiger partial charge >= 0.3 is 0 Å². The fourth-order valence-electron chi connectivity index (χ4n) is 3.03. The van der Waals surface area contributed by atoms with Crippen molar-refractivity contribution in [3.8, 4) is 16.2 Å². The van der Waals surface area contributed by atoms with Crippen LogP contribution in [-0.4, -0.2) is 29.1 Å². The zero-order valence-corrected chi connectivity index (χ0v) is 15.3. The van der Waals surface area contributed by atoms with Crippen LogP contribution in [0.4, 0.5) is 4.39 Å². The number of methoxy groups -OCH3 is 1. The summed E-state index contributed by atoms with van der Waals surface area (Å²) in [4.78, 5) is 5.77. The number of hydrogen-bond acceptors (Lipinski definition) is 6. The molecule has 7 heteroatoms. The molecule has 3 aromatic rings. The van der Waals surface area contributed by atoms with E-state index in [1.54, 1.807) is 30.7 Å². The largest absolute Gasteiger partial charge is 0.496 e. The van der Waals surface area contributed by atoms with Gasteiger partial charge in [-0.15, -0.1) is 11.3 Å². The smallest absolute Gasteiger partial charge is 0.133 e. The van der Waals surface area contributed by atoms with Crippen LogP contribution in [0.2, 0.25) is 0 Å². The molecule has 1 aliphatic rings. The number of aromatic nitrogens is 1. The Morgan fingerprint density at radius 3 is 2.74 bits per heavy atom. The van der Waals surface area contributed by atoms with Crippen LogP contribution in [-0.2, 0) is 0 Å². The summed E-state index contributed by atoms with van der Waals surface area (Å²) in [5, 5.41) is 19.2. The summed E-state index contributed by atoms with van der Waals surface area (Å²) < 4.78 is 19.8. The number of benzene rings is 1. The van der Waals surface area contributed by atoms with Gasteiger partial charge in [-0.25, -0.2) is 4.39 Å². The second-order valence-corrected chi connectivity index (χ2v) is 6.99. The minimum atomic E-state index is -1.19. The van der Waals surface area contributed by atoms with Crippen molar-refractivity contribution in [1.29, 1.82) is 0 Å². The van der Waals surface area contributed by atoms with Crippen LogP contribution in [0.5, 0.6) is 5.75 Å². The molecular formula is C20H16FN3O2S. The van der Waals surface area contributed by atoms with Gasteiger partial charge in [-0.1, -0.05) is 6.07 Å². The summed E-state index contributed by atoms with van der Waals surface area (Å²) in [7, 11) is 1.46. The van der Waals surface area contributed by atoms with E-state index in [4.69, 9.17) is 4.74 Å². The minimum absolute atomic E-state index is 0.111. The molecule has 0 aliphatic carbocycles. The van der Waals surface area contributed by atoms with Crippen molar-refractivity contribution < 1.29 is 14.2 Å². The number of thiophene rings is 1. The van der Waals surface area contributed by atoms with Crippen molar-refractivity contribution in [2.45, 2.75) is 12.5 Å². The van der Waals surface area contributed by atoms with E-state index < -0.39 is 11.9 Å². The van der Waals surface area contributed by atoms with E-state index in [2.05, 4.69) is 15.2 Å². The van der Waals surface area contributed by atoms with Crippen LogP contribution in [0, 0.1) is 5.82 Å². The van der Waals surface area contributed by atoms with Gasteiger partial charge < -0.3 is 9.84 Å². The number of ether oxygens (including phenoxy) is 1. The molecule has 0 spiro atoms. The first-order chi connectivity index (χ1) is 13.2. The van der Waals surface area contributed by atoms with Crippen molar-refractivity contribution in [3.05, 3.63) is 70.6 Å². The molecule has 4 rings (SSSR count). The molecule has 1 N–H and O–H groups in total. The van der Waals surface area contributed by atoms with E-state index in [9.17, 15) is 9.50 Å². The van der Waals surface area contributed by atoms with Gasteiger partial charge in [0.25, 0.3) is 0 Å². The lowest BCUT2D eigenvalue weighted by Gasteiger charge is -2.16. The van der Waals surface area contributed by atoms with Gasteiger partial charge in [0.15, 0.2) is 0 Å². The Labute approximate surface area is 159 Å². The molecule has 1 aromatic carbocycles. The summed E-state index contributed by atoms with van der Waals surface area (Å²) in [6, 6.07) is 10.1. The SMILES string of the molecule is COc1cccc(F)c1C(O)c1cc(-c2ccncc2)sc1C1=NN=CC1. The number of pyridine rings is 1. The van der Waals surface area contributed by atoms with E-state index in [1.165, 1.54) is 24.5 Å². The monoisotopic (exact) mass is 381 g/mol. The van der Waals surface area contributed by atoms with E-state index in [0.717, 1.165) is 21.0 Å². The maximum absolute atomic E-state index is 14.5. The molecule has 0 radical (unpaired) electrons. The first kappa shape index (κ1) is 17.5. The highest BCUT2D eigenvalue weighted by Gasteiger charge is 2.27. The summed E-state index contributed by atoms with van der Waals surface area (Å²) in [5.74, 6) is -0.219. The van der Waals surface area contributed by atoms with E-state index in [1.807, 2.05) is 18.2 Å². The molecule has 5 nitrogen and oxygen atoms in total. The first-order valence-corrected chi connectivity index (χ1v) is 9.14. The molecule has 0 fully saturated rings. The lowest BCUT2D eigenvalue weighted by Crippen LogP contribution is -2.08. The highest BCUT2D eigenvalue weighted by molar-refractivity contribution is 7.17. The average molecular weight is 381 g/mol. The Morgan fingerprint density at radius 2 is 2.04 bits per heavy atom. The van der Waals surface area contributed by atoms with Crippen molar-refractivity contribution in [3.63, 3.8) is 0 Å². The number of rotatable bonds is 5. The Bertz CT molecular complexity index is 1030. The molecule has 3 heterocycles. The predicted molar refractivity (Wildman–Crippen MR) is 104 cm³/mol. The van der Waals surface area contributed by atoms with Gasteiger partial charge in [-0.3, -0.25) is 4.98 Å². The van der Waals surface area contributed by atoms with Crippen molar-refractivity contribution >= 4 is 23.3 Å². The Kier molecular flexibility index (Phi) is 4.79. The van der Waals surface area contributed by atoms with Gasteiger partial charge in [-0.05, 0) is 35.9 Å². The number of hydrogen-bond donors (Lipinski definition) is 1. The van der Waals surface area contributed by atoms with Gasteiger partial charge in [0.05, 0.1) is 23.3 Å². The number of aliphatic hydroxyl groups is 1. The Morgan fingerprint density at radius 1 is 1.22 bits per heavy atom. The van der Waals surface area contributed by atoms with Crippen molar-refractivity contribution in [1.82, 2.24) is 4.98 Å². The fourth-order valence-corrected chi connectivity index (χ4v) is 4.22. The molecule has 0 saturated carbocycles. The summed E-state index contributed by atoms with van der Waals surface area (Å²) in [6.45, 7) is 0. The van der Waals surface area contributed by atoms with E-state index in [0.29, 0.717) is 17.7 Å². The van der Waals surface area contributed by atoms with E-state index >= 15 is 0 Å². The third-order valence-electron chi connectivity index (χ3n) is 4.33. The Hall–Kier alpha value is -2.90. The maximum Gasteiger partial charge on any atom is 0.133 e. The van der Waals surface area contributed by atoms with Crippen LogP contribution in [0.15, 0.2) is 59.0 Å². The molecule has 1 atom stereocenters. The van der Waals surface area contributed by atoms with Crippen molar-refractivity contribution in [2.24, 2.45) is 10.2 Å². The molecule has 2 aromatic heterocycles. The van der Waals surface area contributed by atoms with Crippen LogP contribution < -0.4 is 4.74 Å². The van der Waals surface area contributed by atoms with Gasteiger partial charge in [0.2, 0.25) is 0 Å². The standard InChI is InChI=1S/C20H16FN3O2S/c1-26-16-4-2-3-14(21)18(16)19(25)13-11-17(12-5-8-22-9-6-12)27-20(13)15-7-10-23-24-15/h2-6,8-11,19,25H,7H2,1H3. The second kappa shape index (κ2) is 7.38. The number of aliphatic hydroxyl groups excluding tert-OH is 1. The lowest BCUT2D eigenvalue weighted by molar-refractivity contribution is 0.209. The van der Waals surface area contributed by atoms with E-state index in [-0.39, 0.29) is 5.56 Å². The van der Waals surface area contributed by atoms with Crippen LogP contribution >= 0.6 is 11.3 Å². The highest BCUT2D eigenvalue weighted by atomic mass is 32.1. The lowest BCUT2D eigenvalue weighted by atomic mass is 9.98. The molecule has 27 heavy (non-hydrogen) atoms. The predicted octanol–water partition coefficient (Wildman–Crippen LogP) is 4.22. The zero-order valence-electron chi connectivity index (χ0n) is 14.5. The first-order valence-electron chi connectivity index (χ1n) is 8.32. The average Bonchev–Trinajstić information content (AvgIpc) is 3.37. The van der Waals surface area contributed by atoms with Crippen molar-refractivity contribution in [2.75, 3.05) is 7.11 Å². The quantitative estimate of drug-likeness (QED) is 0.720. The number of halogens is 1. The van der Waals surface area contributed by atoms with Gasteiger partial charge in [-0.2, -0.15) is 10.2 Å². The van der Waals surface area contributed by atoms with Gasteiger partial charge in [0, 0.05) is 35.5 Å². The molecule has 0 bridgehead atoms. The molecule has 0 amide bonds. The van der Waals surface area contributed by atoms with Crippen LogP contribution in [0.3, 0.4) is 0 Å². The summed E-state index contributed by atoms with van der Waals surface area (Å²) in [6.07, 6.45) is 4.51. The topological polar surface area (TPSA) is 67.1 Å².